The number of hydrogen-bond donors (Lipinski definition) is 1. The molecule has 0 radical (unpaired) electrons. The number of amides is 1. The van der Waals surface area contributed by atoms with Crippen molar-refractivity contribution in [3.8, 4) is 0 Å². The molecule has 2 rings (SSSR count). The number of hydrogen-bond acceptors (Lipinski definition) is 3. The summed E-state index contributed by atoms with van der Waals surface area (Å²) in [4.78, 5) is 24.7. The Balaban J connectivity index is 2.27. The summed E-state index contributed by atoms with van der Waals surface area (Å²) in [5.41, 5.74) is 1.11. The Morgan fingerprint density at radius 1 is 1.31 bits per heavy atom. The third kappa shape index (κ3) is 1.72. The normalized spacial score (nSPS) is 16.5. The smallest absolute Gasteiger partial charge is 0.299 e. The molecule has 1 unspecified atom stereocenters. The zero-order valence-electron chi connectivity index (χ0n) is 9.01. The van der Waals surface area contributed by atoms with Crippen molar-refractivity contribution in [2.24, 2.45) is 0 Å². The summed E-state index contributed by atoms with van der Waals surface area (Å²) < 4.78 is 0. The van der Waals surface area contributed by atoms with E-state index in [1.807, 2.05) is 0 Å². The van der Waals surface area contributed by atoms with Crippen molar-refractivity contribution in [3.05, 3.63) is 29.8 Å². The molecule has 84 valence electrons. The summed E-state index contributed by atoms with van der Waals surface area (Å²) in [5, 5.41) is 9.19. The molecule has 0 saturated carbocycles. The van der Waals surface area contributed by atoms with E-state index in [0.717, 1.165) is 0 Å². The fourth-order valence-corrected chi connectivity index (χ4v) is 1.79. The summed E-state index contributed by atoms with van der Waals surface area (Å²) >= 11 is 0. The van der Waals surface area contributed by atoms with E-state index in [0.29, 0.717) is 24.2 Å². The third-order valence-electron chi connectivity index (χ3n) is 2.65. The van der Waals surface area contributed by atoms with Gasteiger partial charge in [0.15, 0.2) is 0 Å². The summed E-state index contributed by atoms with van der Waals surface area (Å²) in [5.74, 6) is -0.956. The lowest BCUT2D eigenvalue weighted by molar-refractivity contribution is -0.114. The van der Waals surface area contributed by atoms with Gasteiger partial charge in [0, 0.05) is 6.54 Å². The summed E-state index contributed by atoms with van der Waals surface area (Å²) in [6.07, 6.45) is -0.0106. The molecular weight excluding hydrogens is 206 g/mol. The van der Waals surface area contributed by atoms with Gasteiger partial charge in [-0.2, -0.15) is 0 Å². The molecule has 1 N–H and O–H groups in total. The van der Waals surface area contributed by atoms with E-state index >= 15 is 0 Å². The lowest BCUT2D eigenvalue weighted by atomic mass is 10.1. The van der Waals surface area contributed by atoms with Crippen LogP contribution in [0.25, 0.3) is 0 Å². The lowest BCUT2D eigenvalue weighted by Gasteiger charge is -2.16. The molecule has 0 aliphatic carbocycles. The van der Waals surface area contributed by atoms with Gasteiger partial charge in [0.05, 0.1) is 17.4 Å². The maximum Gasteiger partial charge on any atom is 0.299 e. The quantitative estimate of drug-likeness (QED) is 0.771. The van der Waals surface area contributed by atoms with Crippen LogP contribution in [0.1, 0.15) is 23.7 Å². The largest absolute Gasteiger partial charge is 0.393 e. The van der Waals surface area contributed by atoms with E-state index in [1.54, 1.807) is 31.2 Å². The Hall–Kier alpha value is -1.68. The van der Waals surface area contributed by atoms with Gasteiger partial charge in [-0.1, -0.05) is 12.1 Å². The van der Waals surface area contributed by atoms with Crippen LogP contribution in [0.5, 0.6) is 0 Å². The first-order valence-electron chi connectivity index (χ1n) is 5.24. The Morgan fingerprint density at radius 3 is 2.69 bits per heavy atom. The predicted octanol–water partition coefficient (Wildman–Crippen LogP) is 0.987. The van der Waals surface area contributed by atoms with Crippen molar-refractivity contribution < 1.29 is 14.7 Å². The topological polar surface area (TPSA) is 57.6 Å². The molecule has 4 heteroatoms. The minimum atomic E-state index is -0.498. The Bertz CT molecular complexity index is 440. The van der Waals surface area contributed by atoms with Crippen LogP contribution >= 0.6 is 0 Å². The van der Waals surface area contributed by atoms with Crippen molar-refractivity contribution in [2.45, 2.75) is 19.4 Å². The molecule has 0 saturated heterocycles. The monoisotopic (exact) mass is 219 g/mol. The van der Waals surface area contributed by atoms with Crippen LogP contribution in [0.15, 0.2) is 24.3 Å². The minimum Gasteiger partial charge on any atom is -0.393 e. The van der Waals surface area contributed by atoms with Crippen LogP contribution < -0.4 is 4.90 Å². The van der Waals surface area contributed by atoms with Gasteiger partial charge in [-0.25, -0.2) is 0 Å². The lowest BCUT2D eigenvalue weighted by Crippen LogP contribution is -2.32. The van der Waals surface area contributed by atoms with Gasteiger partial charge < -0.3 is 10.0 Å². The van der Waals surface area contributed by atoms with Crippen LogP contribution in [-0.2, 0) is 4.79 Å². The van der Waals surface area contributed by atoms with E-state index in [2.05, 4.69) is 0 Å². The molecule has 0 bridgehead atoms. The van der Waals surface area contributed by atoms with Gasteiger partial charge >= 0.3 is 0 Å². The van der Waals surface area contributed by atoms with E-state index < -0.39 is 17.8 Å². The van der Waals surface area contributed by atoms with Crippen molar-refractivity contribution in [1.29, 1.82) is 0 Å². The van der Waals surface area contributed by atoms with Crippen molar-refractivity contribution >= 4 is 17.4 Å². The number of rotatable bonds is 3. The SMILES string of the molecule is CC(O)CCN1C(=O)C(=O)c2ccccc21. The third-order valence-corrected chi connectivity index (χ3v) is 2.65. The fraction of sp³-hybridized carbons (Fsp3) is 0.333. The highest BCUT2D eigenvalue weighted by molar-refractivity contribution is 6.52. The number of anilines is 1. The first kappa shape index (κ1) is 10.8. The molecule has 1 aliphatic rings. The number of nitrogens with zero attached hydrogens (tertiary/aromatic N) is 1. The second-order valence-electron chi connectivity index (χ2n) is 3.94. The van der Waals surface area contributed by atoms with Crippen LogP contribution in [-0.4, -0.2) is 29.4 Å². The number of aliphatic hydroxyl groups is 1. The van der Waals surface area contributed by atoms with Gasteiger partial charge in [0.1, 0.15) is 0 Å². The Labute approximate surface area is 93.5 Å². The van der Waals surface area contributed by atoms with Gasteiger partial charge in [-0.3, -0.25) is 9.59 Å². The second-order valence-corrected chi connectivity index (χ2v) is 3.94. The molecule has 1 amide bonds. The number of carbonyl (C=O) groups excluding carboxylic acids is 2. The zero-order chi connectivity index (χ0) is 11.7. The highest BCUT2D eigenvalue weighted by Crippen LogP contribution is 2.28. The van der Waals surface area contributed by atoms with Crippen molar-refractivity contribution in [3.63, 3.8) is 0 Å². The van der Waals surface area contributed by atoms with E-state index in [9.17, 15) is 14.7 Å². The molecule has 4 nitrogen and oxygen atoms in total. The van der Waals surface area contributed by atoms with Crippen LogP contribution in [0, 0.1) is 0 Å². The highest BCUT2D eigenvalue weighted by Gasteiger charge is 2.34. The number of benzene rings is 1. The van der Waals surface area contributed by atoms with Gasteiger partial charge in [0.25, 0.3) is 11.7 Å². The molecule has 0 spiro atoms. The van der Waals surface area contributed by atoms with E-state index in [4.69, 9.17) is 0 Å². The maximum absolute atomic E-state index is 11.7. The van der Waals surface area contributed by atoms with Gasteiger partial charge in [0.2, 0.25) is 0 Å². The van der Waals surface area contributed by atoms with Crippen LogP contribution in [0.3, 0.4) is 0 Å². The summed E-state index contributed by atoms with van der Waals surface area (Å²) in [6, 6.07) is 6.93. The zero-order valence-corrected chi connectivity index (χ0v) is 9.01. The molecule has 0 aromatic heterocycles. The molecular formula is C12H13NO3. The van der Waals surface area contributed by atoms with E-state index in [-0.39, 0.29) is 0 Å². The molecule has 1 aromatic carbocycles. The van der Waals surface area contributed by atoms with Gasteiger partial charge in [-0.15, -0.1) is 0 Å². The first-order chi connectivity index (χ1) is 7.61. The minimum absolute atomic E-state index is 0.374. The molecule has 0 fully saturated rings. The van der Waals surface area contributed by atoms with E-state index in [1.165, 1.54) is 4.90 Å². The number of ketones is 1. The fourth-order valence-electron chi connectivity index (χ4n) is 1.79. The maximum atomic E-state index is 11.7. The molecule has 1 aromatic rings. The predicted molar refractivity (Wildman–Crippen MR) is 59.4 cm³/mol. The van der Waals surface area contributed by atoms with Crippen LogP contribution in [0.2, 0.25) is 0 Å². The molecule has 1 atom stereocenters. The molecule has 1 heterocycles. The summed E-state index contributed by atoms with van der Waals surface area (Å²) in [7, 11) is 0. The molecule has 1 aliphatic heterocycles. The number of carbonyl (C=O) groups is 2. The van der Waals surface area contributed by atoms with Crippen molar-refractivity contribution in [2.75, 3.05) is 11.4 Å². The number of fused-ring (bicyclic) bond motifs is 1. The first-order valence-corrected chi connectivity index (χ1v) is 5.24. The number of Topliss-reactive ketones (excluding diaryl/α,β-unsaturated/α-hetero) is 1. The number of aliphatic hydroxyl groups excluding tert-OH is 1. The molecule has 16 heavy (non-hydrogen) atoms. The van der Waals surface area contributed by atoms with Crippen molar-refractivity contribution in [1.82, 2.24) is 0 Å². The standard InChI is InChI=1S/C12H13NO3/c1-8(14)6-7-13-10-5-3-2-4-9(10)11(15)12(13)16/h2-5,8,14H,6-7H2,1H3. The van der Waals surface area contributed by atoms with Crippen LogP contribution in [0.4, 0.5) is 5.69 Å². The highest BCUT2D eigenvalue weighted by atomic mass is 16.3. The second kappa shape index (κ2) is 4.06. The van der Waals surface area contributed by atoms with Gasteiger partial charge in [-0.05, 0) is 25.5 Å². The summed E-state index contributed by atoms with van der Waals surface area (Å²) in [6.45, 7) is 2.04. The average Bonchev–Trinajstić information content (AvgIpc) is 2.50. The number of para-hydroxylation sites is 1. The average molecular weight is 219 g/mol. The Morgan fingerprint density at radius 2 is 2.00 bits per heavy atom. The Kier molecular flexibility index (Phi) is 2.75.